The fourth-order valence-corrected chi connectivity index (χ4v) is 2.66. The molecular weight excluding hydrogens is 234 g/mol. The fraction of sp³-hybridized carbons (Fsp3) is 0.312. The first-order valence-corrected chi connectivity index (χ1v) is 6.86. The summed E-state index contributed by atoms with van der Waals surface area (Å²) in [5, 5.41) is 6.98. The highest BCUT2D eigenvalue weighted by molar-refractivity contribution is 5.28. The van der Waals surface area contributed by atoms with Crippen LogP contribution in [0.5, 0.6) is 0 Å². The zero-order valence-corrected chi connectivity index (χ0v) is 10.9. The minimum Gasteiger partial charge on any atom is -0.301 e. The zero-order chi connectivity index (χ0) is 12.9. The molecule has 1 aliphatic heterocycles. The smallest absolute Gasteiger partial charge is 0.0582 e. The van der Waals surface area contributed by atoms with E-state index in [0.717, 1.165) is 25.2 Å². The lowest BCUT2D eigenvalue weighted by Gasteiger charge is -2.21. The van der Waals surface area contributed by atoms with E-state index >= 15 is 0 Å². The number of nitrogens with zero attached hydrogens (tertiary/aromatic N) is 1. The molecule has 2 aromatic rings. The van der Waals surface area contributed by atoms with Crippen LogP contribution in [0, 0.1) is 0 Å². The molecule has 0 bridgehead atoms. The number of nitrogens with one attached hydrogen (secondary N) is 2. The van der Waals surface area contributed by atoms with Crippen molar-refractivity contribution >= 4 is 0 Å². The average molecular weight is 253 g/mol. The van der Waals surface area contributed by atoms with Crippen LogP contribution in [0.25, 0.3) is 0 Å². The lowest BCUT2D eigenvalue weighted by Crippen LogP contribution is -2.33. The molecule has 1 unspecified atom stereocenters. The predicted molar refractivity (Wildman–Crippen MR) is 76.9 cm³/mol. The molecule has 0 radical (unpaired) electrons. The molecule has 1 atom stereocenters. The molecule has 2 N–H and O–H groups in total. The Bertz CT molecular complexity index is 452. The van der Waals surface area contributed by atoms with E-state index in [-0.39, 0.29) is 0 Å². The number of rotatable bonds is 4. The summed E-state index contributed by atoms with van der Waals surface area (Å²) in [5.74, 6) is 0.338. The van der Waals surface area contributed by atoms with Crippen LogP contribution in [0.15, 0.2) is 54.7 Å². The highest BCUT2D eigenvalue weighted by Gasteiger charge is 2.22. The minimum absolute atomic E-state index is 0.338. The van der Waals surface area contributed by atoms with Crippen LogP contribution in [-0.4, -0.2) is 24.2 Å². The molecule has 0 aliphatic carbocycles. The Morgan fingerprint density at radius 2 is 1.74 bits per heavy atom. The molecule has 98 valence electrons. The lowest BCUT2D eigenvalue weighted by atomic mass is 9.91. The van der Waals surface area contributed by atoms with Crippen LogP contribution < -0.4 is 10.6 Å². The van der Waals surface area contributed by atoms with E-state index in [1.807, 2.05) is 12.3 Å². The Kier molecular flexibility index (Phi) is 3.86. The molecule has 0 spiro atoms. The number of hydrogen-bond donors (Lipinski definition) is 2. The number of hydrogen-bond acceptors (Lipinski definition) is 3. The van der Waals surface area contributed by atoms with Gasteiger partial charge < -0.3 is 10.6 Å². The molecule has 3 rings (SSSR count). The van der Waals surface area contributed by atoms with Crippen LogP contribution in [-0.2, 0) is 0 Å². The van der Waals surface area contributed by atoms with Gasteiger partial charge in [-0.1, -0.05) is 36.4 Å². The average Bonchev–Trinajstić information content (AvgIpc) is 3.00. The summed E-state index contributed by atoms with van der Waals surface area (Å²) in [7, 11) is 0. The van der Waals surface area contributed by atoms with E-state index in [1.165, 1.54) is 5.56 Å². The van der Waals surface area contributed by atoms with Gasteiger partial charge in [-0.05, 0) is 24.1 Å². The van der Waals surface area contributed by atoms with Gasteiger partial charge in [0.05, 0.1) is 6.17 Å². The highest BCUT2D eigenvalue weighted by Crippen LogP contribution is 2.27. The van der Waals surface area contributed by atoms with Crippen molar-refractivity contribution < 1.29 is 0 Å². The zero-order valence-electron chi connectivity index (χ0n) is 10.9. The van der Waals surface area contributed by atoms with Crippen LogP contribution in [0.3, 0.4) is 0 Å². The van der Waals surface area contributed by atoms with Crippen molar-refractivity contribution in [1.29, 1.82) is 0 Å². The molecule has 3 nitrogen and oxygen atoms in total. The van der Waals surface area contributed by atoms with Crippen LogP contribution >= 0.6 is 0 Å². The molecule has 0 amide bonds. The van der Waals surface area contributed by atoms with Crippen molar-refractivity contribution in [3.63, 3.8) is 0 Å². The van der Waals surface area contributed by atoms with Crippen molar-refractivity contribution in [2.75, 3.05) is 13.1 Å². The Balaban J connectivity index is 1.87. The van der Waals surface area contributed by atoms with Crippen molar-refractivity contribution in [2.24, 2.45) is 0 Å². The van der Waals surface area contributed by atoms with Gasteiger partial charge in [0.1, 0.15) is 0 Å². The summed E-state index contributed by atoms with van der Waals surface area (Å²) < 4.78 is 0. The predicted octanol–water partition coefficient (Wildman–Crippen LogP) is 2.12. The van der Waals surface area contributed by atoms with Gasteiger partial charge in [0.25, 0.3) is 0 Å². The van der Waals surface area contributed by atoms with Gasteiger partial charge in [-0.2, -0.15) is 0 Å². The molecule has 1 aromatic carbocycles. The van der Waals surface area contributed by atoms with Gasteiger partial charge in [0.2, 0.25) is 0 Å². The molecule has 1 saturated heterocycles. The summed E-state index contributed by atoms with van der Waals surface area (Å²) in [6.07, 6.45) is 3.29. The van der Waals surface area contributed by atoms with Crippen LogP contribution in [0.4, 0.5) is 0 Å². The Labute approximate surface area is 114 Å². The van der Waals surface area contributed by atoms with Crippen LogP contribution in [0.2, 0.25) is 0 Å². The minimum atomic E-state index is 0.338. The van der Waals surface area contributed by atoms with Crippen molar-refractivity contribution in [3.8, 4) is 0 Å². The molecule has 1 aliphatic rings. The van der Waals surface area contributed by atoms with Gasteiger partial charge in [-0.15, -0.1) is 0 Å². The molecule has 2 heterocycles. The standard InChI is InChI=1S/C16H19N3/c1-2-6-13(7-3-1)14(12-16-18-10-11-19-16)15-8-4-5-9-17-15/h1-9,14,16,18-19H,10-12H2. The maximum Gasteiger partial charge on any atom is 0.0582 e. The molecule has 0 saturated carbocycles. The van der Waals surface area contributed by atoms with Gasteiger partial charge in [0, 0.05) is 30.9 Å². The van der Waals surface area contributed by atoms with Gasteiger partial charge >= 0.3 is 0 Å². The van der Waals surface area contributed by atoms with Gasteiger partial charge in [0.15, 0.2) is 0 Å². The summed E-state index contributed by atoms with van der Waals surface area (Å²) >= 11 is 0. The van der Waals surface area contributed by atoms with E-state index in [2.05, 4.69) is 58.1 Å². The summed E-state index contributed by atoms with van der Waals surface area (Å²) in [6.45, 7) is 2.10. The maximum absolute atomic E-state index is 4.54. The normalized spacial score (nSPS) is 17.5. The van der Waals surface area contributed by atoms with E-state index in [1.54, 1.807) is 0 Å². The Hall–Kier alpha value is -1.71. The Morgan fingerprint density at radius 3 is 2.42 bits per heavy atom. The number of benzene rings is 1. The van der Waals surface area contributed by atoms with E-state index in [4.69, 9.17) is 0 Å². The third kappa shape index (κ3) is 3.00. The second kappa shape index (κ2) is 5.95. The number of aromatic nitrogens is 1. The van der Waals surface area contributed by atoms with Gasteiger partial charge in [-0.3, -0.25) is 4.98 Å². The lowest BCUT2D eigenvalue weighted by molar-refractivity contribution is 0.481. The molecule has 19 heavy (non-hydrogen) atoms. The number of pyridine rings is 1. The molecular formula is C16H19N3. The second-order valence-corrected chi connectivity index (χ2v) is 4.91. The molecule has 3 heteroatoms. The van der Waals surface area contributed by atoms with Crippen LogP contribution in [0.1, 0.15) is 23.6 Å². The second-order valence-electron chi connectivity index (χ2n) is 4.91. The Morgan fingerprint density at radius 1 is 1.00 bits per heavy atom. The largest absolute Gasteiger partial charge is 0.301 e. The summed E-state index contributed by atoms with van der Waals surface area (Å²) in [5.41, 5.74) is 2.47. The summed E-state index contributed by atoms with van der Waals surface area (Å²) in [6, 6.07) is 16.8. The van der Waals surface area contributed by atoms with Crippen molar-refractivity contribution in [2.45, 2.75) is 18.5 Å². The summed E-state index contributed by atoms with van der Waals surface area (Å²) in [4.78, 5) is 4.54. The van der Waals surface area contributed by atoms with E-state index in [9.17, 15) is 0 Å². The SMILES string of the molecule is c1ccc(C(CC2NCCN2)c2ccccn2)cc1. The first-order valence-electron chi connectivity index (χ1n) is 6.86. The first kappa shape index (κ1) is 12.3. The molecule has 1 aromatic heterocycles. The van der Waals surface area contributed by atoms with Crippen molar-refractivity contribution in [1.82, 2.24) is 15.6 Å². The molecule has 1 fully saturated rings. The monoisotopic (exact) mass is 253 g/mol. The van der Waals surface area contributed by atoms with Crippen molar-refractivity contribution in [3.05, 3.63) is 66.0 Å². The third-order valence-electron chi connectivity index (χ3n) is 3.62. The van der Waals surface area contributed by atoms with E-state index in [0.29, 0.717) is 12.1 Å². The quantitative estimate of drug-likeness (QED) is 0.876. The third-order valence-corrected chi connectivity index (χ3v) is 3.62. The highest BCUT2D eigenvalue weighted by atomic mass is 15.2. The first-order chi connectivity index (χ1) is 9.43. The van der Waals surface area contributed by atoms with E-state index < -0.39 is 0 Å². The van der Waals surface area contributed by atoms with Gasteiger partial charge in [-0.25, -0.2) is 0 Å². The topological polar surface area (TPSA) is 37.0 Å². The maximum atomic E-state index is 4.54. The fourth-order valence-electron chi connectivity index (χ4n) is 2.66.